The standard InChI is InChI=1S/C13H19BrN2OS/c1-9(2)8-17-6-5-16-12-4-3-10(14)7-11(12)13(15)18/h3-4,7,9,16H,5-6,8H2,1-2H3,(H2,15,18). The van der Waals surface area contributed by atoms with Crippen LogP contribution in [0.2, 0.25) is 0 Å². The Hall–Kier alpha value is -0.650. The summed E-state index contributed by atoms with van der Waals surface area (Å²) in [5, 5.41) is 3.28. The van der Waals surface area contributed by atoms with Crippen LogP contribution in [0.1, 0.15) is 19.4 Å². The molecule has 0 aliphatic heterocycles. The number of thiocarbonyl (C=S) groups is 1. The van der Waals surface area contributed by atoms with Crippen molar-refractivity contribution in [2.75, 3.05) is 25.1 Å². The number of ether oxygens (including phenoxy) is 1. The lowest BCUT2D eigenvalue weighted by Gasteiger charge is -2.12. The third-order valence-corrected chi connectivity index (χ3v) is 2.97. The summed E-state index contributed by atoms with van der Waals surface area (Å²) in [5.74, 6) is 0.560. The quantitative estimate of drug-likeness (QED) is 0.595. The molecule has 3 nitrogen and oxygen atoms in total. The van der Waals surface area contributed by atoms with E-state index >= 15 is 0 Å². The summed E-state index contributed by atoms with van der Waals surface area (Å²) in [4.78, 5) is 0.391. The van der Waals surface area contributed by atoms with Crippen LogP contribution in [0.4, 0.5) is 5.69 Å². The lowest BCUT2D eigenvalue weighted by atomic mass is 10.2. The number of hydrogen-bond acceptors (Lipinski definition) is 3. The molecule has 0 amide bonds. The summed E-state index contributed by atoms with van der Waals surface area (Å²) in [6, 6.07) is 5.83. The van der Waals surface area contributed by atoms with Gasteiger partial charge in [-0.1, -0.05) is 42.0 Å². The van der Waals surface area contributed by atoms with Crippen LogP contribution in [0.15, 0.2) is 22.7 Å². The third-order valence-electron chi connectivity index (χ3n) is 2.26. The first-order valence-corrected chi connectivity index (χ1v) is 7.11. The van der Waals surface area contributed by atoms with Crippen molar-refractivity contribution in [1.82, 2.24) is 0 Å². The van der Waals surface area contributed by atoms with E-state index in [9.17, 15) is 0 Å². The fourth-order valence-electron chi connectivity index (χ4n) is 1.45. The maximum Gasteiger partial charge on any atom is 0.106 e. The zero-order valence-corrected chi connectivity index (χ0v) is 13.1. The maximum atomic E-state index is 5.69. The molecule has 5 heteroatoms. The molecule has 0 atom stereocenters. The van der Waals surface area contributed by atoms with Gasteiger partial charge in [0.1, 0.15) is 4.99 Å². The van der Waals surface area contributed by atoms with Crippen molar-refractivity contribution in [3.8, 4) is 0 Å². The molecule has 0 aromatic heterocycles. The molecule has 0 fully saturated rings. The van der Waals surface area contributed by atoms with Crippen molar-refractivity contribution in [3.63, 3.8) is 0 Å². The van der Waals surface area contributed by atoms with E-state index < -0.39 is 0 Å². The van der Waals surface area contributed by atoms with Gasteiger partial charge in [-0.15, -0.1) is 0 Å². The van der Waals surface area contributed by atoms with Crippen molar-refractivity contribution in [2.45, 2.75) is 13.8 Å². The van der Waals surface area contributed by atoms with Crippen molar-refractivity contribution in [2.24, 2.45) is 11.7 Å². The Labute approximate surface area is 122 Å². The molecule has 3 N–H and O–H groups in total. The molecule has 0 aliphatic carbocycles. The molecule has 0 spiro atoms. The van der Waals surface area contributed by atoms with E-state index in [0.717, 1.165) is 28.9 Å². The zero-order valence-electron chi connectivity index (χ0n) is 10.7. The highest BCUT2D eigenvalue weighted by atomic mass is 79.9. The number of nitrogens with one attached hydrogen (secondary N) is 1. The average Bonchev–Trinajstić information content (AvgIpc) is 2.29. The lowest BCUT2D eigenvalue weighted by Crippen LogP contribution is -2.16. The highest BCUT2D eigenvalue weighted by Gasteiger charge is 2.05. The SMILES string of the molecule is CC(C)COCCNc1ccc(Br)cc1C(N)=S. The molecule has 0 saturated heterocycles. The Morgan fingerprint density at radius 3 is 2.83 bits per heavy atom. The van der Waals surface area contributed by atoms with Crippen LogP contribution in [0.3, 0.4) is 0 Å². The van der Waals surface area contributed by atoms with E-state index in [2.05, 4.69) is 35.1 Å². The molecule has 0 unspecified atom stereocenters. The van der Waals surface area contributed by atoms with Gasteiger partial charge in [0.2, 0.25) is 0 Å². The van der Waals surface area contributed by atoms with Crippen molar-refractivity contribution < 1.29 is 4.74 Å². The van der Waals surface area contributed by atoms with Gasteiger partial charge in [-0.05, 0) is 24.1 Å². The van der Waals surface area contributed by atoms with Crippen LogP contribution in [0.25, 0.3) is 0 Å². The number of nitrogens with two attached hydrogens (primary N) is 1. The zero-order chi connectivity index (χ0) is 13.5. The predicted molar refractivity (Wildman–Crippen MR) is 84.2 cm³/mol. The molecular formula is C13H19BrN2OS. The predicted octanol–water partition coefficient (Wildman–Crippen LogP) is 3.17. The smallest absolute Gasteiger partial charge is 0.106 e. The minimum Gasteiger partial charge on any atom is -0.389 e. The fraction of sp³-hybridized carbons (Fsp3) is 0.462. The molecular weight excluding hydrogens is 312 g/mol. The number of anilines is 1. The first-order chi connectivity index (χ1) is 8.50. The van der Waals surface area contributed by atoms with Gasteiger partial charge < -0.3 is 15.8 Å². The monoisotopic (exact) mass is 330 g/mol. The highest BCUT2D eigenvalue weighted by molar-refractivity contribution is 9.10. The topological polar surface area (TPSA) is 47.3 Å². The number of rotatable bonds is 7. The number of benzene rings is 1. The van der Waals surface area contributed by atoms with E-state index in [-0.39, 0.29) is 0 Å². The van der Waals surface area contributed by atoms with Crippen LogP contribution in [0, 0.1) is 5.92 Å². The molecule has 18 heavy (non-hydrogen) atoms. The van der Waals surface area contributed by atoms with Crippen LogP contribution >= 0.6 is 28.1 Å². The van der Waals surface area contributed by atoms with Crippen molar-refractivity contribution in [1.29, 1.82) is 0 Å². The summed E-state index contributed by atoms with van der Waals surface area (Å²) < 4.78 is 6.47. The van der Waals surface area contributed by atoms with Gasteiger partial charge >= 0.3 is 0 Å². The van der Waals surface area contributed by atoms with Gasteiger partial charge in [-0.2, -0.15) is 0 Å². The molecule has 0 heterocycles. The Morgan fingerprint density at radius 1 is 1.50 bits per heavy atom. The average molecular weight is 331 g/mol. The summed E-state index contributed by atoms with van der Waals surface area (Å²) in [5.41, 5.74) is 7.49. The minimum atomic E-state index is 0.391. The van der Waals surface area contributed by atoms with E-state index in [4.69, 9.17) is 22.7 Å². The molecule has 0 saturated carbocycles. The Kier molecular flexibility index (Phi) is 6.60. The third kappa shape index (κ3) is 5.33. The minimum absolute atomic E-state index is 0.391. The molecule has 1 aromatic carbocycles. The molecule has 1 aromatic rings. The first kappa shape index (κ1) is 15.4. The summed E-state index contributed by atoms with van der Waals surface area (Å²) in [6.45, 7) is 6.46. The van der Waals surface area contributed by atoms with E-state index in [1.807, 2.05) is 18.2 Å². The summed E-state index contributed by atoms with van der Waals surface area (Å²) in [7, 11) is 0. The Balaban J connectivity index is 2.49. The Morgan fingerprint density at radius 2 is 2.22 bits per heavy atom. The summed E-state index contributed by atoms with van der Waals surface area (Å²) >= 11 is 8.44. The second kappa shape index (κ2) is 7.71. The van der Waals surface area contributed by atoms with E-state index in [1.54, 1.807) is 0 Å². The molecule has 0 radical (unpaired) electrons. The highest BCUT2D eigenvalue weighted by Crippen LogP contribution is 2.20. The molecule has 1 rings (SSSR count). The van der Waals surface area contributed by atoms with Gasteiger partial charge in [0, 0.05) is 28.9 Å². The molecule has 0 bridgehead atoms. The number of halogens is 1. The summed E-state index contributed by atoms with van der Waals surface area (Å²) in [6.07, 6.45) is 0. The van der Waals surface area contributed by atoms with Crippen LogP contribution in [-0.2, 0) is 4.74 Å². The second-order valence-electron chi connectivity index (χ2n) is 4.45. The normalized spacial score (nSPS) is 10.7. The second-order valence-corrected chi connectivity index (χ2v) is 5.81. The largest absolute Gasteiger partial charge is 0.389 e. The van der Waals surface area contributed by atoms with Gasteiger partial charge in [-0.25, -0.2) is 0 Å². The van der Waals surface area contributed by atoms with E-state index in [1.165, 1.54) is 0 Å². The number of hydrogen-bond donors (Lipinski definition) is 2. The lowest BCUT2D eigenvalue weighted by molar-refractivity contribution is 0.118. The van der Waals surface area contributed by atoms with Crippen molar-refractivity contribution in [3.05, 3.63) is 28.2 Å². The van der Waals surface area contributed by atoms with Crippen LogP contribution in [-0.4, -0.2) is 24.7 Å². The van der Waals surface area contributed by atoms with Crippen molar-refractivity contribution >= 4 is 38.8 Å². The van der Waals surface area contributed by atoms with Crippen LogP contribution < -0.4 is 11.1 Å². The van der Waals surface area contributed by atoms with E-state index in [0.29, 0.717) is 17.5 Å². The molecule has 0 aliphatic rings. The van der Waals surface area contributed by atoms with Gasteiger partial charge in [0.05, 0.1) is 6.61 Å². The van der Waals surface area contributed by atoms with Gasteiger partial charge in [-0.3, -0.25) is 0 Å². The van der Waals surface area contributed by atoms with Gasteiger partial charge in [0.15, 0.2) is 0 Å². The first-order valence-electron chi connectivity index (χ1n) is 5.91. The van der Waals surface area contributed by atoms with Gasteiger partial charge in [0.25, 0.3) is 0 Å². The Bertz CT molecular complexity index is 410. The van der Waals surface area contributed by atoms with Crippen LogP contribution in [0.5, 0.6) is 0 Å². The maximum absolute atomic E-state index is 5.69. The molecule has 100 valence electrons. The fourth-order valence-corrected chi connectivity index (χ4v) is 1.98.